The number of aromatic nitrogens is 4. The second kappa shape index (κ2) is 7.90. The summed E-state index contributed by atoms with van der Waals surface area (Å²) in [5.74, 6) is 1.91. The van der Waals surface area contributed by atoms with E-state index in [0.717, 1.165) is 40.3 Å². The molecule has 0 fully saturated rings. The maximum Gasteiger partial charge on any atom is 0.235 e. The fourth-order valence-corrected chi connectivity index (χ4v) is 4.28. The lowest BCUT2D eigenvalue weighted by molar-refractivity contribution is -0.368. The highest BCUT2D eigenvalue weighted by atomic mass is 32.2. The fourth-order valence-electron chi connectivity index (χ4n) is 2.44. The molecule has 3 N–H and O–H groups in total. The highest BCUT2D eigenvalue weighted by Gasteiger charge is 2.12. The highest BCUT2D eigenvalue weighted by molar-refractivity contribution is 8.00. The SMILES string of the molecule is Cc1cccc(CSc2nn3c(CCCCC[NH3+])nnc3s2)c1. The smallest absolute Gasteiger partial charge is 0.235 e. The third-order valence-electron chi connectivity index (χ3n) is 3.63. The molecule has 0 aliphatic carbocycles. The monoisotopic (exact) mass is 348 g/mol. The first-order chi connectivity index (χ1) is 11.3. The molecule has 3 aromatic rings. The summed E-state index contributed by atoms with van der Waals surface area (Å²) in [6.07, 6.45) is 4.43. The average Bonchev–Trinajstić information content (AvgIpc) is 3.10. The fraction of sp³-hybridized carbons (Fsp3) is 0.438. The summed E-state index contributed by atoms with van der Waals surface area (Å²) in [5.41, 5.74) is 6.50. The van der Waals surface area contributed by atoms with Gasteiger partial charge in [0.25, 0.3) is 0 Å². The lowest BCUT2D eigenvalue weighted by Crippen LogP contribution is -2.50. The number of thioether (sulfide) groups is 1. The zero-order valence-electron chi connectivity index (χ0n) is 13.4. The van der Waals surface area contributed by atoms with Crippen LogP contribution in [0.3, 0.4) is 0 Å². The third kappa shape index (κ3) is 4.31. The first-order valence-electron chi connectivity index (χ1n) is 7.95. The lowest BCUT2D eigenvalue weighted by atomic mass is 10.2. The van der Waals surface area contributed by atoms with Crippen molar-refractivity contribution in [2.45, 2.75) is 42.7 Å². The van der Waals surface area contributed by atoms with Gasteiger partial charge in [0.15, 0.2) is 10.2 Å². The van der Waals surface area contributed by atoms with Crippen LogP contribution in [-0.4, -0.2) is 26.4 Å². The van der Waals surface area contributed by atoms with Gasteiger partial charge in [0.1, 0.15) is 0 Å². The molecule has 0 saturated heterocycles. The predicted molar refractivity (Wildman–Crippen MR) is 94.7 cm³/mol. The molecule has 0 unspecified atom stereocenters. The van der Waals surface area contributed by atoms with Gasteiger partial charge < -0.3 is 5.73 Å². The number of fused-ring (bicyclic) bond motifs is 1. The first kappa shape index (κ1) is 16.4. The number of unbranched alkanes of at least 4 members (excludes halogenated alkanes) is 2. The van der Waals surface area contributed by atoms with Crippen molar-refractivity contribution in [3.63, 3.8) is 0 Å². The van der Waals surface area contributed by atoms with Gasteiger partial charge in [-0.25, -0.2) is 0 Å². The summed E-state index contributed by atoms with van der Waals surface area (Å²) in [6.45, 7) is 3.13. The summed E-state index contributed by atoms with van der Waals surface area (Å²) in [4.78, 5) is 0.893. The van der Waals surface area contributed by atoms with E-state index in [1.54, 1.807) is 23.1 Å². The summed E-state index contributed by atoms with van der Waals surface area (Å²) in [7, 11) is 0. The van der Waals surface area contributed by atoms with Crippen molar-refractivity contribution in [2.75, 3.05) is 6.54 Å². The zero-order valence-corrected chi connectivity index (χ0v) is 15.0. The van der Waals surface area contributed by atoms with Crippen LogP contribution in [-0.2, 0) is 12.2 Å². The summed E-state index contributed by atoms with van der Waals surface area (Å²) >= 11 is 3.38. The maximum atomic E-state index is 4.67. The molecular weight excluding hydrogens is 326 g/mol. The molecular formula is C16H22N5S2+. The van der Waals surface area contributed by atoms with Crippen LogP contribution >= 0.6 is 23.1 Å². The van der Waals surface area contributed by atoms with Crippen LogP contribution in [0.15, 0.2) is 28.6 Å². The Morgan fingerprint density at radius 3 is 2.96 bits per heavy atom. The predicted octanol–water partition coefficient (Wildman–Crippen LogP) is 2.74. The van der Waals surface area contributed by atoms with Gasteiger partial charge in [-0.15, -0.1) is 15.3 Å². The van der Waals surface area contributed by atoms with Gasteiger partial charge in [-0.3, -0.25) is 0 Å². The molecule has 3 rings (SSSR count). The standard InChI is InChI=1S/C16H21N5S2/c1-12-6-5-7-13(10-12)11-22-16-20-21-14(8-3-2-4-9-17)18-19-15(21)23-16/h5-7,10H,2-4,8-9,11,17H2,1H3/p+1. The van der Waals surface area contributed by atoms with Crippen LogP contribution < -0.4 is 5.73 Å². The van der Waals surface area contributed by atoms with Crippen LogP contribution in [0.1, 0.15) is 36.2 Å². The second-order valence-corrected chi connectivity index (χ2v) is 7.80. The zero-order chi connectivity index (χ0) is 16.1. The topological polar surface area (TPSA) is 70.7 Å². The van der Waals surface area contributed by atoms with E-state index in [-0.39, 0.29) is 0 Å². The molecule has 0 aliphatic rings. The molecule has 0 atom stereocenters. The van der Waals surface area contributed by atoms with E-state index in [1.807, 2.05) is 4.52 Å². The van der Waals surface area contributed by atoms with Crippen molar-refractivity contribution in [3.8, 4) is 0 Å². The summed E-state index contributed by atoms with van der Waals surface area (Å²) in [5, 5.41) is 13.2. The minimum absolute atomic E-state index is 0.893. The molecule has 0 spiro atoms. The van der Waals surface area contributed by atoms with Gasteiger partial charge in [-0.05, 0) is 31.7 Å². The Balaban J connectivity index is 1.62. The van der Waals surface area contributed by atoms with E-state index in [0.29, 0.717) is 0 Å². The molecule has 1 aromatic carbocycles. The van der Waals surface area contributed by atoms with Gasteiger partial charge in [0, 0.05) is 12.2 Å². The number of benzene rings is 1. The van der Waals surface area contributed by atoms with E-state index >= 15 is 0 Å². The minimum Gasteiger partial charge on any atom is -0.358 e. The van der Waals surface area contributed by atoms with Crippen molar-refractivity contribution >= 4 is 28.1 Å². The normalized spacial score (nSPS) is 11.4. The van der Waals surface area contributed by atoms with E-state index < -0.39 is 0 Å². The summed E-state index contributed by atoms with van der Waals surface area (Å²) < 4.78 is 2.96. The van der Waals surface area contributed by atoms with Crippen LogP contribution in [0.5, 0.6) is 0 Å². The van der Waals surface area contributed by atoms with Gasteiger partial charge in [0.05, 0.1) is 6.54 Å². The van der Waals surface area contributed by atoms with Crippen molar-refractivity contribution in [1.82, 2.24) is 19.8 Å². The minimum atomic E-state index is 0.893. The number of hydrogen-bond acceptors (Lipinski definition) is 5. The molecule has 2 aromatic heterocycles. The van der Waals surface area contributed by atoms with Crippen molar-refractivity contribution in [2.24, 2.45) is 0 Å². The average molecular weight is 349 g/mol. The number of nitrogens with zero attached hydrogens (tertiary/aromatic N) is 4. The van der Waals surface area contributed by atoms with Crippen LogP contribution in [0.2, 0.25) is 0 Å². The Bertz CT molecular complexity index is 765. The Morgan fingerprint density at radius 2 is 2.13 bits per heavy atom. The number of hydrogen-bond donors (Lipinski definition) is 1. The molecule has 23 heavy (non-hydrogen) atoms. The highest BCUT2D eigenvalue weighted by Crippen LogP contribution is 2.28. The van der Waals surface area contributed by atoms with Crippen molar-refractivity contribution in [1.29, 1.82) is 0 Å². The molecule has 0 radical (unpaired) electrons. The van der Waals surface area contributed by atoms with E-state index in [9.17, 15) is 0 Å². The molecule has 122 valence electrons. The molecule has 0 saturated carbocycles. The number of rotatable bonds is 8. The van der Waals surface area contributed by atoms with Gasteiger partial charge in [0.2, 0.25) is 4.96 Å². The lowest BCUT2D eigenvalue weighted by Gasteiger charge is -2.00. The molecule has 5 nitrogen and oxygen atoms in total. The quantitative estimate of drug-likeness (QED) is 0.502. The third-order valence-corrected chi connectivity index (χ3v) is 5.74. The largest absolute Gasteiger partial charge is 0.358 e. The molecule has 0 bridgehead atoms. The second-order valence-electron chi connectivity index (χ2n) is 5.62. The number of aryl methyl sites for hydroxylation is 2. The Morgan fingerprint density at radius 1 is 1.22 bits per heavy atom. The van der Waals surface area contributed by atoms with Crippen molar-refractivity contribution < 1.29 is 5.73 Å². The Kier molecular flexibility index (Phi) is 5.64. The molecule has 2 heterocycles. The van der Waals surface area contributed by atoms with E-state index in [1.165, 1.54) is 24.0 Å². The van der Waals surface area contributed by atoms with Gasteiger partial charge >= 0.3 is 0 Å². The Hall–Kier alpha value is -1.44. The van der Waals surface area contributed by atoms with Gasteiger partial charge in [-0.1, -0.05) is 52.9 Å². The van der Waals surface area contributed by atoms with E-state index in [4.69, 9.17) is 0 Å². The maximum absolute atomic E-state index is 4.67. The van der Waals surface area contributed by atoms with Gasteiger partial charge in [-0.2, -0.15) is 4.52 Å². The summed E-state index contributed by atoms with van der Waals surface area (Å²) in [6, 6.07) is 8.61. The van der Waals surface area contributed by atoms with Crippen molar-refractivity contribution in [3.05, 3.63) is 41.2 Å². The van der Waals surface area contributed by atoms with Crippen LogP contribution in [0.4, 0.5) is 0 Å². The number of quaternary nitrogens is 1. The molecule has 7 heteroatoms. The van der Waals surface area contributed by atoms with Crippen LogP contribution in [0.25, 0.3) is 4.96 Å². The Labute approximate surface area is 144 Å². The first-order valence-corrected chi connectivity index (χ1v) is 9.75. The molecule has 0 amide bonds. The molecule has 0 aliphatic heterocycles. The van der Waals surface area contributed by atoms with E-state index in [2.05, 4.69) is 52.2 Å². The van der Waals surface area contributed by atoms with Crippen LogP contribution in [0, 0.1) is 6.92 Å².